The molecule has 0 aliphatic heterocycles. The summed E-state index contributed by atoms with van der Waals surface area (Å²) in [5.41, 5.74) is 5.79. The van der Waals surface area contributed by atoms with Crippen molar-refractivity contribution in [3.63, 3.8) is 0 Å². The number of anilines is 2. The molecule has 0 aliphatic rings. The fourth-order valence-corrected chi connectivity index (χ4v) is 1.64. The molecule has 0 aliphatic carbocycles. The number of amides is 1. The van der Waals surface area contributed by atoms with E-state index in [-0.39, 0.29) is 30.4 Å². The van der Waals surface area contributed by atoms with Gasteiger partial charge in [-0.1, -0.05) is 0 Å². The Morgan fingerprint density at radius 1 is 1.14 bits per heavy atom. The summed E-state index contributed by atoms with van der Waals surface area (Å²) in [6, 6.07) is 9.45. The minimum Gasteiger partial charge on any atom is -0.493 e. The third kappa shape index (κ3) is 4.45. The van der Waals surface area contributed by atoms with Crippen molar-refractivity contribution in [2.24, 2.45) is 0 Å². The number of benzene rings is 2. The second-order valence-corrected chi connectivity index (χ2v) is 4.34. The van der Waals surface area contributed by atoms with Crippen molar-refractivity contribution in [3.8, 4) is 5.75 Å². The molecule has 0 atom stereocenters. The summed E-state index contributed by atoms with van der Waals surface area (Å²) in [6.07, 6.45) is 0.106. The van der Waals surface area contributed by atoms with Crippen molar-refractivity contribution in [3.05, 3.63) is 54.1 Å². The van der Waals surface area contributed by atoms with Gasteiger partial charge < -0.3 is 15.8 Å². The average molecular weight is 292 g/mol. The third-order valence-corrected chi connectivity index (χ3v) is 2.69. The maximum absolute atomic E-state index is 13.0. The van der Waals surface area contributed by atoms with Gasteiger partial charge >= 0.3 is 0 Å². The summed E-state index contributed by atoms with van der Waals surface area (Å²) in [5, 5.41) is 2.58. The topological polar surface area (TPSA) is 64.3 Å². The zero-order valence-corrected chi connectivity index (χ0v) is 11.1. The Morgan fingerprint density at radius 3 is 2.52 bits per heavy atom. The lowest BCUT2D eigenvalue weighted by Gasteiger charge is -2.08. The van der Waals surface area contributed by atoms with Crippen LogP contribution in [0.4, 0.5) is 20.2 Å². The second kappa shape index (κ2) is 6.69. The molecule has 6 heteroatoms. The largest absolute Gasteiger partial charge is 0.493 e. The van der Waals surface area contributed by atoms with Gasteiger partial charge in [0.15, 0.2) is 0 Å². The average Bonchev–Trinajstić information content (AvgIpc) is 2.45. The molecule has 0 fully saturated rings. The molecular formula is C15H14F2N2O2. The minimum atomic E-state index is -0.535. The number of hydrogen-bond acceptors (Lipinski definition) is 3. The highest BCUT2D eigenvalue weighted by Gasteiger charge is 2.05. The number of carbonyl (C=O) groups excluding carboxylic acids is 1. The van der Waals surface area contributed by atoms with E-state index < -0.39 is 5.82 Å². The number of ether oxygens (including phenoxy) is 1. The van der Waals surface area contributed by atoms with Gasteiger partial charge in [0.25, 0.3) is 0 Å². The van der Waals surface area contributed by atoms with Crippen molar-refractivity contribution in [1.29, 1.82) is 0 Å². The Hall–Kier alpha value is -2.63. The van der Waals surface area contributed by atoms with Crippen molar-refractivity contribution in [2.75, 3.05) is 17.7 Å². The number of rotatable bonds is 5. The first-order chi connectivity index (χ1) is 10.0. The van der Waals surface area contributed by atoms with Crippen LogP contribution in [0.1, 0.15) is 6.42 Å². The monoisotopic (exact) mass is 292 g/mol. The molecule has 0 saturated carbocycles. The summed E-state index contributed by atoms with van der Waals surface area (Å²) in [6.45, 7) is 0.147. The maximum Gasteiger partial charge on any atom is 0.227 e. The van der Waals surface area contributed by atoms with Gasteiger partial charge in [0, 0.05) is 5.69 Å². The van der Waals surface area contributed by atoms with Crippen LogP contribution in [0.2, 0.25) is 0 Å². The standard InChI is InChI=1S/C15H14F2N2O2/c16-10-1-4-12(5-2-10)21-8-7-15(20)19-11-3-6-13(17)14(18)9-11/h1-6,9H,7-8,18H2,(H,19,20). The van der Waals surface area contributed by atoms with Gasteiger partial charge in [-0.05, 0) is 42.5 Å². The molecule has 21 heavy (non-hydrogen) atoms. The number of halogens is 2. The van der Waals surface area contributed by atoms with Crippen LogP contribution in [-0.4, -0.2) is 12.5 Å². The van der Waals surface area contributed by atoms with Gasteiger partial charge in [-0.25, -0.2) is 8.78 Å². The first-order valence-electron chi connectivity index (χ1n) is 6.28. The zero-order valence-electron chi connectivity index (χ0n) is 11.1. The Balaban J connectivity index is 1.79. The fourth-order valence-electron chi connectivity index (χ4n) is 1.64. The molecule has 4 nitrogen and oxygen atoms in total. The van der Waals surface area contributed by atoms with E-state index in [1.165, 1.54) is 42.5 Å². The first-order valence-corrected chi connectivity index (χ1v) is 6.28. The number of nitrogen functional groups attached to an aromatic ring is 1. The molecule has 0 unspecified atom stereocenters. The van der Waals surface area contributed by atoms with Crippen LogP contribution >= 0.6 is 0 Å². The van der Waals surface area contributed by atoms with E-state index in [1.54, 1.807) is 0 Å². The van der Waals surface area contributed by atoms with Crippen LogP contribution in [0.3, 0.4) is 0 Å². The zero-order chi connectivity index (χ0) is 15.2. The van der Waals surface area contributed by atoms with E-state index in [0.29, 0.717) is 11.4 Å². The molecule has 0 bridgehead atoms. The summed E-state index contributed by atoms with van der Waals surface area (Å²) in [7, 11) is 0. The molecule has 1 amide bonds. The van der Waals surface area contributed by atoms with E-state index in [2.05, 4.69) is 5.32 Å². The van der Waals surface area contributed by atoms with Crippen LogP contribution in [0.25, 0.3) is 0 Å². The van der Waals surface area contributed by atoms with Crippen LogP contribution in [0, 0.1) is 11.6 Å². The molecule has 0 radical (unpaired) electrons. The molecule has 0 aromatic heterocycles. The van der Waals surface area contributed by atoms with Crippen LogP contribution in [-0.2, 0) is 4.79 Å². The Bertz CT molecular complexity index is 630. The molecule has 0 saturated heterocycles. The highest BCUT2D eigenvalue weighted by Crippen LogP contribution is 2.16. The number of nitrogens with one attached hydrogen (secondary N) is 1. The van der Waals surface area contributed by atoms with Gasteiger partial charge in [-0.3, -0.25) is 4.79 Å². The summed E-state index contributed by atoms with van der Waals surface area (Å²) < 4.78 is 31.0. The number of hydrogen-bond donors (Lipinski definition) is 2. The highest BCUT2D eigenvalue weighted by molar-refractivity contribution is 5.91. The van der Waals surface area contributed by atoms with E-state index in [0.717, 1.165) is 0 Å². The van der Waals surface area contributed by atoms with Gasteiger partial charge in [0.1, 0.15) is 17.4 Å². The van der Waals surface area contributed by atoms with Gasteiger partial charge in [-0.15, -0.1) is 0 Å². The smallest absolute Gasteiger partial charge is 0.227 e. The number of nitrogens with two attached hydrogens (primary N) is 1. The molecule has 2 aromatic carbocycles. The van der Waals surface area contributed by atoms with Crippen LogP contribution in [0.5, 0.6) is 5.75 Å². The van der Waals surface area contributed by atoms with Crippen molar-refractivity contribution < 1.29 is 18.3 Å². The third-order valence-electron chi connectivity index (χ3n) is 2.69. The van der Waals surface area contributed by atoms with Crippen molar-refractivity contribution in [1.82, 2.24) is 0 Å². The predicted octanol–water partition coefficient (Wildman–Crippen LogP) is 2.95. The van der Waals surface area contributed by atoms with Crippen molar-refractivity contribution >= 4 is 17.3 Å². The Kier molecular flexibility index (Phi) is 4.71. The normalized spacial score (nSPS) is 10.2. The molecule has 0 spiro atoms. The quantitative estimate of drug-likeness (QED) is 0.833. The SMILES string of the molecule is Nc1cc(NC(=O)CCOc2ccc(F)cc2)ccc1F. The van der Waals surface area contributed by atoms with E-state index >= 15 is 0 Å². The van der Waals surface area contributed by atoms with Crippen LogP contribution < -0.4 is 15.8 Å². The molecule has 2 aromatic rings. The van der Waals surface area contributed by atoms with Crippen LogP contribution in [0.15, 0.2) is 42.5 Å². The molecular weight excluding hydrogens is 278 g/mol. The van der Waals surface area contributed by atoms with E-state index in [9.17, 15) is 13.6 Å². The van der Waals surface area contributed by atoms with Crippen molar-refractivity contribution in [2.45, 2.75) is 6.42 Å². The molecule has 110 valence electrons. The van der Waals surface area contributed by atoms with Gasteiger partial charge in [-0.2, -0.15) is 0 Å². The lowest BCUT2D eigenvalue weighted by Crippen LogP contribution is -2.15. The fraction of sp³-hybridized carbons (Fsp3) is 0.133. The highest BCUT2D eigenvalue weighted by atomic mass is 19.1. The Labute approximate surface area is 120 Å². The number of carbonyl (C=O) groups is 1. The van der Waals surface area contributed by atoms with E-state index in [1.807, 2.05) is 0 Å². The molecule has 0 heterocycles. The summed E-state index contributed by atoms with van der Waals surface area (Å²) in [5.74, 6) is -0.694. The Morgan fingerprint density at radius 2 is 1.86 bits per heavy atom. The molecule has 2 rings (SSSR count). The predicted molar refractivity (Wildman–Crippen MR) is 76.0 cm³/mol. The summed E-state index contributed by atoms with van der Waals surface area (Å²) in [4.78, 5) is 11.7. The lowest BCUT2D eigenvalue weighted by molar-refractivity contribution is -0.116. The second-order valence-electron chi connectivity index (χ2n) is 4.34. The van der Waals surface area contributed by atoms with E-state index in [4.69, 9.17) is 10.5 Å². The minimum absolute atomic E-state index is 0.0321. The first kappa shape index (κ1) is 14.8. The van der Waals surface area contributed by atoms with Gasteiger partial charge in [0.05, 0.1) is 18.7 Å². The van der Waals surface area contributed by atoms with Gasteiger partial charge in [0.2, 0.25) is 5.91 Å². The molecule has 3 N–H and O–H groups in total. The maximum atomic E-state index is 13.0. The lowest BCUT2D eigenvalue weighted by atomic mass is 10.2. The summed E-state index contributed by atoms with van der Waals surface area (Å²) >= 11 is 0.